The van der Waals surface area contributed by atoms with E-state index in [0.717, 1.165) is 35.2 Å². The summed E-state index contributed by atoms with van der Waals surface area (Å²) in [6.07, 6.45) is 5.94. The highest BCUT2D eigenvalue weighted by Gasteiger charge is 2.26. The molecule has 0 aliphatic heterocycles. The Morgan fingerprint density at radius 3 is 2.39 bits per heavy atom. The molecule has 1 aliphatic carbocycles. The van der Waals surface area contributed by atoms with Crippen molar-refractivity contribution in [3.63, 3.8) is 0 Å². The molecular weight excluding hydrogens is 418 g/mol. The largest absolute Gasteiger partial charge is 0.497 e. The van der Waals surface area contributed by atoms with E-state index in [1.54, 1.807) is 25.3 Å². The highest BCUT2D eigenvalue weighted by Crippen LogP contribution is 2.38. The van der Waals surface area contributed by atoms with Gasteiger partial charge in [0.05, 0.1) is 25.5 Å². The Bertz CT molecular complexity index is 1190. The Labute approximate surface area is 194 Å². The van der Waals surface area contributed by atoms with Crippen molar-refractivity contribution in [2.45, 2.75) is 52.0 Å². The molecule has 2 amide bonds. The van der Waals surface area contributed by atoms with Crippen LogP contribution in [0.25, 0.3) is 10.9 Å². The van der Waals surface area contributed by atoms with E-state index in [0.29, 0.717) is 28.7 Å². The van der Waals surface area contributed by atoms with Gasteiger partial charge in [0.2, 0.25) is 5.91 Å². The van der Waals surface area contributed by atoms with Gasteiger partial charge in [-0.3, -0.25) is 9.59 Å². The zero-order valence-electron chi connectivity index (χ0n) is 19.7. The molecule has 2 N–H and O–H groups in total. The van der Waals surface area contributed by atoms with Gasteiger partial charge in [0.25, 0.3) is 5.91 Å². The number of benzene rings is 2. The normalized spacial score (nSPS) is 14.2. The maximum Gasteiger partial charge on any atom is 0.258 e. The van der Waals surface area contributed by atoms with Gasteiger partial charge < -0.3 is 24.7 Å². The van der Waals surface area contributed by atoms with E-state index in [1.807, 2.05) is 19.1 Å². The predicted molar refractivity (Wildman–Crippen MR) is 131 cm³/mol. The van der Waals surface area contributed by atoms with Crippen LogP contribution in [0, 0.1) is 6.92 Å². The van der Waals surface area contributed by atoms with Gasteiger partial charge in [0, 0.05) is 41.3 Å². The predicted octanol–water partition coefficient (Wildman–Crippen LogP) is 5.68. The molecule has 33 heavy (non-hydrogen) atoms. The van der Waals surface area contributed by atoms with Gasteiger partial charge >= 0.3 is 0 Å². The molecule has 0 saturated heterocycles. The quantitative estimate of drug-likeness (QED) is 0.507. The topological polar surface area (TPSA) is 81.6 Å². The summed E-state index contributed by atoms with van der Waals surface area (Å²) < 4.78 is 13.2. The summed E-state index contributed by atoms with van der Waals surface area (Å²) in [6.45, 7) is 3.46. The highest BCUT2D eigenvalue weighted by atomic mass is 16.5. The number of ether oxygens (including phenoxy) is 2. The van der Waals surface area contributed by atoms with Crippen molar-refractivity contribution in [1.29, 1.82) is 0 Å². The van der Waals surface area contributed by atoms with Crippen LogP contribution in [-0.4, -0.2) is 30.6 Å². The van der Waals surface area contributed by atoms with E-state index in [2.05, 4.69) is 21.3 Å². The molecule has 7 heteroatoms. The van der Waals surface area contributed by atoms with E-state index in [4.69, 9.17) is 9.47 Å². The van der Waals surface area contributed by atoms with Crippen LogP contribution in [0.1, 0.15) is 61.1 Å². The molecule has 0 unspecified atom stereocenters. The monoisotopic (exact) mass is 449 g/mol. The third kappa shape index (κ3) is 4.53. The summed E-state index contributed by atoms with van der Waals surface area (Å²) in [4.78, 5) is 25.0. The summed E-state index contributed by atoms with van der Waals surface area (Å²) in [5, 5.41) is 6.63. The summed E-state index contributed by atoms with van der Waals surface area (Å²) in [5.74, 6) is 0.824. The van der Waals surface area contributed by atoms with E-state index in [-0.39, 0.29) is 11.8 Å². The van der Waals surface area contributed by atoms with Crippen molar-refractivity contribution >= 4 is 34.1 Å². The van der Waals surface area contributed by atoms with Crippen LogP contribution in [0.2, 0.25) is 0 Å². The van der Waals surface area contributed by atoms with Gasteiger partial charge in [-0.1, -0.05) is 19.3 Å². The Hall–Kier alpha value is -3.48. The first-order chi connectivity index (χ1) is 15.9. The average Bonchev–Trinajstić information content (AvgIpc) is 3.11. The second-order valence-corrected chi connectivity index (χ2v) is 8.56. The van der Waals surface area contributed by atoms with Gasteiger partial charge in [-0.25, -0.2) is 0 Å². The SMILES string of the molecule is COc1ccc2c(c1)c(C(=O)Nc1ccc(NC(C)=O)c(OC)c1)c(C)n2C1CCCCC1. The van der Waals surface area contributed by atoms with Crippen LogP contribution in [0.15, 0.2) is 36.4 Å². The number of amides is 2. The Kier molecular flexibility index (Phi) is 6.58. The summed E-state index contributed by atoms with van der Waals surface area (Å²) >= 11 is 0. The second-order valence-electron chi connectivity index (χ2n) is 8.56. The Morgan fingerprint density at radius 1 is 0.970 bits per heavy atom. The number of rotatable bonds is 6. The van der Waals surface area contributed by atoms with Crippen LogP contribution < -0.4 is 20.1 Å². The first kappa shape index (κ1) is 22.7. The van der Waals surface area contributed by atoms with Gasteiger partial charge in [-0.05, 0) is 50.1 Å². The molecule has 3 aromatic rings. The van der Waals surface area contributed by atoms with Crippen molar-refractivity contribution < 1.29 is 19.1 Å². The van der Waals surface area contributed by atoms with Gasteiger partial charge in [-0.2, -0.15) is 0 Å². The Balaban J connectivity index is 1.73. The maximum absolute atomic E-state index is 13.5. The lowest BCUT2D eigenvalue weighted by molar-refractivity contribution is -0.114. The molecule has 0 spiro atoms. The average molecular weight is 450 g/mol. The molecule has 1 aliphatic rings. The molecule has 0 bridgehead atoms. The number of carbonyl (C=O) groups excluding carboxylic acids is 2. The number of fused-ring (bicyclic) bond motifs is 1. The number of nitrogens with one attached hydrogen (secondary N) is 2. The molecular formula is C26H31N3O4. The molecule has 1 heterocycles. The number of methoxy groups -OCH3 is 2. The van der Waals surface area contributed by atoms with E-state index >= 15 is 0 Å². The van der Waals surface area contributed by atoms with Crippen molar-refractivity contribution in [2.75, 3.05) is 24.9 Å². The van der Waals surface area contributed by atoms with Gasteiger partial charge in [0.15, 0.2) is 0 Å². The van der Waals surface area contributed by atoms with Crippen LogP contribution in [0.5, 0.6) is 11.5 Å². The second kappa shape index (κ2) is 9.57. The summed E-state index contributed by atoms with van der Waals surface area (Å²) in [6, 6.07) is 11.5. The van der Waals surface area contributed by atoms with Gasteiger partial charge in [-0.15, -0.1) is 0 Å². The molecule has 1 fully saturated rings. The molecule has 0 atom stereocenters. The molecule has 1 saturated carbocycles. The van der Waals surface area contributed by atoms with Crippen LogP contribution in [-0.2, 0) is 4.79 Å². The molecule has 0 radical (unpaired) electrons. The fraction of sp³-hybridized carbons (Fsp3) is 0.385. The van der Waals surface area contributed by atoms with E-state index < -0.39 is 0 Å². The zero-order chi connectivity index (χ0) is 23.5. The Morgan fingerprint density at radius 2 is 1.73 bits per heavy atom. The summed E-state index contributed by atoms with van der Waals surface area (Å²) in [5.41, 5.74) is 3.82. The van der Waals surface area contributed by atoms with Crippen molar-refractivity contribution in [1.82, 2.24) is 4.57 Å². The van der Waals surface area contributed by atoms with Crippen LogP contribution in [0.3, 0.4) is 0 Å². The number of nitrogens with zero attached hydrogens (tertiary/aromatic N) is 1. The minimum absolute atomic E-state index is 0.186. The van der Waals surface area contributed by atoms with Gasteiger partial charge in [0.1, 0.15) is 11.5 Å². The first-order valence-electron chi connectivity index (χ1n) is 11.4. The number of carbonyl (C=O) groups is 2. The molecule has 4 rings (SSSR count). The third-order valence-electron chi connectivity index (χ3n) is 6.39. The van der Waals surface area contributed by atoms with Crippen molar-refractivity contribution in [2.24, 2.45) is 0 Å². The molecule has 1 aromatic heterocycles. The van der Waals surface area contributed by atoms with Crippen LogP contribution >= 0.6 is 0 Å². The highest BCUT2D eigenvalue weighted by molar-refractivity contribution is 6.14. The lowest BCUT2D eigenvalue weighted by atomic mass is 9.95. The van der Waals surface area contributed by atoms with Crippen LogP contribution in [0.4, 0.5) is 11.4 Å². The molecule has 174 valence electrons. The molecule has 2 aromatic carbocycles. The lowest BCUT2D eigenvalue weighted by Gasteiger charge is -2.26. The fourth-order valence-corrected chi connectivity index (χ4v) is 4.90. The van der Waals surface area contributed by atoms with E-state index in [1.165, 1.54) is 33.3 Å². The number of hydrogen-bond donors (Lipinski definition) is 2. The fourth-order valence-electron chi connectivity index (χ4n) is 4.90. The number of anilines is 2. The smallest absolute Gasteiger partial charge is 0.258 e. The van der Waals surface area contributed by atoms with Crippen molar-refractivity contribution in [3.05, 3.63) is 47.7 Å². The zero-order valence-corrected chi connectivity index (χ0v) is 19.7. The lowest BCUT2D eigenvalue weighted by Crippen LogP contribution is -2.17. The number of hydrogen-bond acceptors (Lipinski definition) is 4. The summed E-state index contributed by atoms with van der Waals surface area (Å²) in [7, 11) is 3.16. The standard InChI is InChI=1S/C26H31N3O4/c1-16-25(26(31)28-18-10-12-22(27-17(2)30)24(14-18)33-4)21-15-20(32-3)11-13-23(21)29(16)19-8-6-5-7-9-19/h10-15,19H,5-9H2,1-4H3,(H,27,30)(H,28,31). The number of aromatic nitrogens is 1. The first-order valence-corrected chi connectivity index (χ1v) is 11.4. The third-order valence-corrected chi connectivity index (χ3v) is 6.39. The van der Waals surface area contributed by atoms with Crippen molar-refractivity contribution in [3.8, 4) is 11.5 Å². The molecule has 7 nitrogen and oxygen atoms in total. The van der Waals surface area contributed by atoms with E-state index in [9.17, 15) is 9.59 Å². The minimum Gasteiger partial charge on any atom is -0.497 e. The maximum atomic E-state index is 13.5. The minimum atomic E-state index is -0.190.